The number of hydrogen-bond donors (Lipinski definition) is 1. The normalized spacial score (nSPS) is 11.3. The van der Waals surface area contributed by atoms with Crippen LogP contribution in [0, 0.1) is 6.92 Å². The van der Waals surface area contributed by atoms with E-state index in [1.54, 1.807) is 30.5 Å². The number of carbonyl (C=O) groups is 1. The molecule has 1 aromatic heterocycles. The number of hydrogen-bond acceptors (Lipinski definition) is 3. The van der Waals surface area contributed by atoms with Crippen LogP contribution in [0.4, 0.5) is 0 Å². The van der Waals surface area contributed by atoms with Gasteiger partial charge in [-0.3, -0.25) is 4.79 Å². The third-order valence-electron chi connectivity index (χ3n) is 3.77. The van der Waals surface area contributed by atoms with Crippen molar-refractivity contribution in [2.24, 2.45) is 5.10 Å². The van der Waals surface area contributed by atoms with Crippen LogP contribution in [0.3, 0.4) is 0 Å². The third kappa shape index (κ3) is 3.31. The lowest BCUT2D eigenvalue weighted by Crippen LogP contribution is -2.17. The molecule has 1 amide bonds. The second-order valence-electron chi connectivity index (χ2n) is 5.36. The molecule has 5 nitrogen and oxygen atoms in total. The Morgan fingerprint density at radius 3 is 2.75 bits per heavy atom. The van der Waals surface area contributed by atoms with Crippen molar-refractivity contribution in [2.75, 3.05) is 0 Å². The molecule has 1 N–H and O–H groups in total. The molecule has 0 aliphatic rings. The first-order valence-corrected chi connectivity index (χ1v) is 8.02. The van der Waals surface area contributed by atoms with Gasteiger partial charge in [0.15, 0.2) is 0 Å². The molecular weight excluding hydrogens is 324 g/mol. The second kappa shape index (κ2) is 6.84. The van der Waals surface area contributed by atoms with Gasteiger partial charge in [0.25, 0.3) is 5.91 Å². The predicted molar refractivity (Wildman–Crippen MR) is 96.7 cm³/mol. The van der Waals surface area contributed by atoms with Crippen molar-refractivity contribution < 1.29 is 4.79 Å². The predicted octanol–water partition coefficient (Wildman–Crippen LogP) is 3.78. The summed E-state index contributed by atoms with van der Waals surface area (Å²) in [5.41, 5.74) is 5.74. The maximum Gasteiger partial charge on any atom is 0.271 e. The molecule has 0 atom stereocenters. The number of aromatic nitrogens is 2. The van der Waals surface area contributed by atoms with Crippen LogP contribution in [0.25, 0.3) is 11.0 Å². The number of imidazole rings is 1. The molecule has 0 aliphatic heterocycles. The van der Waals surface area contributed by atoms with Crippen LogP contribution in [0.1, 0.15) is 28.7 Å². The lowest BCUT2D eigenvalue weighted by atomic mass is 10.2. The van der Waals surface area contributed by atoms with Crippen molar-refractivity contribution in [3.8, 4) is 0 Å². The van der Waals surface area contributed by atoms with Gasteiger partial charge in [0.2, 0.25) is 0 Å². The van der Waals surface area contributed by atoms with Gasteiger partial charge in [0.1, 0.15) is 5.82 Å². The molecule has 0 bridgehead atoms. The van der Waals surface area contributed by atoms with Crippen molar-refractivity contribution >= 4 is 34.8 Å². The third-order valence-corrected chi connectivity index (χ3v) is 4.02. The molecule has 2 aromatic carbocycles. The van der Waals surface area contributed by atoms with Crippen molar-refractivity contribution in [3.63, 3.8) is 0 Å². The molecule has 24 heavy (non-hydrogen) atoms. The zero-order chi connectivity index (χ0) is 17.1. The molecule has 0 aliphatic carbocycles. The largest absolute Gasteiger partial charge is 0.329 e. The number of fused-ring (bicyclic) bond motifs is 1. The second-order valence-corrected chi connectivity index (χ2v) is 5.79. The Labute approximate surface area is 145 Å². The average molecular weight is 341 g/mol. The van der Waals surface area contributed by atoms with E-state index in [0.29, 0.717) is 10.6 Å². The van der Waals surface area contributed by atoms with E-state index in [0.717, 1.165) is 29.0 Å². The number of aryl methyl sites for hydroxylation is 2. The maximum atomic E-state index is 12.2. The topological polar surface area (TPSA) is 59.3 Å². The summed E-state index contributed by atoms with van der Waals surface area (Å²) < 4.78 is 2.11. The number of benzene rings is 2. The molecule has 0 saturated heterocycles. The van der Waals surface area contributed by atoms with Gasteiger partial charge in [-0.15, -0.1) is 0 Å². The number of amides is 1. The highest BCUT2D eigenvalue weighted by molar-refractivity contribution is 6.30. The van der Waals surface area contributed by atoms with Crippen LogP contribution in [-0.4, -0.2) is 21.7 Å². The molecule has 0 saturated carbocycles. The van der Waals surface area contributed by atoms with Crippen LogP contribution < -0.4 is 5.43 Å². The summed E-state index contributed by atoms with van der Waals surface area (Å²) in [4.78, 5) is 16.7. The van der Waals surface area contributed by atoms with Crippen LogP contribution in [0.15, 0.2) is 47.6 Å². The van der Waals surface area contributed by atoms with E-state index in [9.17, 15) is 4.79 Å². The minimum Gasteiger partial charge on any atom is -0.329 e. The summed E-state index contributed by atoms with van der Waals surface area (Å²) in [7, 11) is 0. The Balaban J connectivity index is 1.75. The maximum absolute atomic E-state index is 12.2. The van der Waals surface area contributed by atoms with Gasteiger partial charge >= 0.3 is 0 Å². The minimum atomic E-state index is -0.272. The Hall–Kier alpha value is -2.66. The first-order chi connectivity index (χ1) is 11.6. The quantitative estimate of drug-likeness (QED) is 0.580. The highest BCUT2D eigenvalue weighted by Gasteiger charge is 2.10. The summed E-state index contributed by atoms with van der Waals surface area (Å²) in [5.74, 6) is 0.664. The Kier molecular flexibility index (Phi) is 4.62. The number of rotatable bonds is 4. The fourth-order valence-corrected chi connectivity index (χ4v) is 2.70. The van der Waals surface area contributed by atoms with E-state index < -0.39 is 0 Å². The molecule has 3 rings (SSSR count). The van der Waals surface area contributed by atoms with Gasteiger partial charge < -0.3 is 4.57 Å². The van der Waals surface area contributed by atoms with Crippen LogP contribution in [-0.2, 0) is 6.54 Å². The van der Waals surface area contributed by atoms with E-state index in [-0.39, 0.29) is 5.91 Å². The van der Waals surface area contributed by atoms with E-state index in [1.165, 1.54) is 0 Å². The van der Waals surface area contributed by atoms with E-state index in [2.05, 4.69) is 27.0 Å². The molecule has 6 heteroatoms. The van der Waals surface area contributed by atoms with Gasteiger partial charge in [0.05, 0.1) is 17.2 Å². The SMILES string of the molecule is CCn1c(C)nc2cc(C(=O)N/N=C\c3ccc(Cl)cc3)ccc21. The molecule has 122 valence electrons. The highest BCUT2D eigenvalue weighted by Crippen LogP contribution is 2.17. The standard InChI is InChI=1S/C18H17ClN4O/c1-3-23-12(2)21-16-10-14(6-9-17(16)23)18(24)22-20-11-13-4-7-15(19)8-5-13/h4-11H,3H2,1-2H3,(H,22,24)/b20-11-. The molecule has 1 heterocycles. The first kappa shape index (κ1) is 16.2. The van der Waals surface area contributed by atoms with Crippen LogP contribution in [0.2, 0.25) is 5.02 Å². The summed E-state index contributed by atoms with van der Waals surface area (Å²) in [6, 6.07) is 12.7. The van der Waals surface area contributed by atoms with Crippen molar-refractivity contribution in [1.82, 2.24) is 15.0 Å². The molecule has 0 fully saturated rings. The number of halogens is 1. The van der Waals surface area contributed by atoms with Gasteiger partial charge in [-0.05, 0) is 49.7 Å². The summed E-state index contributed by atoms with van der Waals surface area (Å²) in [6.07, 6.45) is 1.57. The first-order valence-electron chi connectivity index (χ1n) is 7.64. The van der Waals surface area contributed by atoms with Crippen molar-refractivity contribution in [1.29, 1.82) is 0 Å². The lowest BCUT2D eigenvalue weighted by molar-refractivity contribution is 0.0955. The number of carbonyl (C=O) groups excluding carboxylic acids is 1. The van der Waals surface area contributed by atoms with E-state index >= 15 is 0 Å². The monoisotopic (exact) mass is 340 g/mol. The van der Waals surface area contributed by atoms with E-state index in [1.807, 2.05) is 25.1 Å². The lowest BCUT2D eigenvalue weighted by Gasteiger charge is -2.03. The van der Waals surface area contributed by atoms with Crippen molar-refractivity contribution in [2.45, 2.75) is 20.4 Å². The fraction of sp³-hybridized carbons (Fsp3) is 0.167. The summed E-state index contributed by atoms with van der Waals surface area (Å²) in [6.45, 7) is 4.87. The number of nitrogens with zero attached hydrogens (tertiary/aromatic N) is 3. The van der Waals surface area contributed by atoms with Gasteiger partial charge in [-0.2, -0.15) is 5.10 Å². The fourth-order valence-electron chi connectivity index (χ4n) is 2.57. The Bertz CT molecular complexity index is 913. The zero-order valence-corrected chi connectivity index (χ0v) is 14.2. The minimum absolute atomic E-state index is 0.272. The molecule has 0 unspecified atom stereocenters. The zero-order valence-electron chi connectivity index (χ0n) is 13.5. The van der Waals surface area contributed by atoms with Gasteiger partial charge in [-0.1, -0.05) is 23.7 Å². The molecular formula is C18H17ClN4O. The molecule has 0 spiro atoms. The smallest absolute Gasteiger partial charge is 0.271 e. The van der Waals surface area contributed by atoms with Crippen molar-refractivity contribution in [3.05, 3.63) is 64.4 Å². The Morgan fingerprint density at radius 1 is 1.29 bits per heavy atom. The van der Waals surface area contributed by atoms with Gasteiger partial charge in [-0.25, -0.2) is 10.4 Å². The van der Waals surface area contributed by atoms with Crippen LogP contribution >= 0.6 is 11.6 Å². The van der Waals surface area contributed by atoms with Gasteiger partial charge in [0, 0.05) is 17.1 Å². The summed E-state index contributed by atoms with van der Waals surface area (Å²) >= 11 is 5.83. The molecule has 0 radical (unpaired) electrons. The average Bonchev–Trinajstić information content (AvgIpc) is 2.90. The molecule has 3 aromatic rings. The van der Waals surface area contributed by atoms with Crippen LogP contribution in [0.5, 0.6) is 0 Å². The summed E-state index contributed by atoms with van der Waals surface area (Å²) in [5, 5.41) is 4.63. The Morgan fingerprint density at radius 2 is 2.04 bits per heavy atom. The number of nitrogens with one attached hydrogen (secondary N) is 1. The number of hydrazone groups is 1. The van der Waals surface area contributed by atoms with E-state index in [4.69, 9.17) is 11.6 Å². The highest BCUT2D eigenvalue weighted by atomic mass is 35.5.